The molecule has 2 aromatic carbocycles. The lowest BCUT2D eigenvalue weighted by Gasteiger charge is -2.23. The molecule has 2 aliphatic rings. The van der Waals surface area contributed by atoms with Crippen molar-refractivity contribution in [1.82, 2.24) is 9.78 Å². The van der Waals surface area contributed by atoms with Crippen molar-refractivity contribution >= 4 is 5.69 Å². The zero-order chi connectivity index (χ0) is 19.6. The van der Waals surface area contributed by atoms with Crippen LogP contribution in [0.4, 0.5) is 5.69 Å². The van der Waals surface area contributed by atoms with E-state index in [9.17, 15) is 10.1 Å². The van der Waals surface area contributed by atoms with Crippen LogP contribution in [0.3, 0.4) is 0 Å². The van der Waals surface area contributed by atoms with E-state index < -0.39 is 0 Å². The molecule has 142 valence electrons. The van der Waals surface area contributed by atoms with Crippen molar-refractivity contribution in [3.05, 3.63) is 80.4 Å². The predicted octanol–water partition coefficient (Wildman–Crippen LogP) is 3.04. The highest BCUT2D eigenvalue weighted by atomic mass is 16.6. The summed E-state index contributed by atoms with van der Waals surface area (Å²) >= 11 is 0. The number of rotatable bonds is 2. The molecule has 0 saturated carbocycles. The first kappa shape index (κ1) is 17.1. The summed E-state index contributed by atoms with van der Waals surface area (Å²) in [6, 6.07) is 9.34. The van der Waals surface area contributed by atoms with Gasteiger partial charge in [-0.2, -0.15) is 0 Å². The van der Waals surface area contributed by atoms with Gasteiger partial charge in [0.2, 0.25) is 6.33 Å². The first-order valence-electron chi connectivity index (χ1n) is 9.39. The van der Waals surface area contributed by atoms with Gasteiger partial charge in [-0.05, 0) is 37.5 Å². The number of nitro groups is 1. The summed E-state index contributed by atoms with van der Waals surface area (Å²) in [6.07, 6.45) is 2.75. The molecule has 1 aromatic heterocycles. The Bertz CT molecular complexity index is 1110. The van der Waals surface area contributed by atoms with Crippen LogP contribution in [-0.2, 0) is 17.8 Å². The largest absolute Gasteiger partial charge is 0.363 e. The molecule has 0 saturated heterocycles. The fourth-order valence-corrected chi connectivity index (χ4v) is 4.71. The van der Waals surface area contributed by atoms with Crippen LogP contribution in [0.15, 0.2) is 36.7 Å². The van der Waals surface area contributed by atoms with Crippen LogP contribution in [0.1, 0.15) is 39.7 Å². The van der Waals surface area contributed by atoms with Gasteiger partial charge in [0.1, 0.15) is 24.4 Å². The third-order valence-electron chi connectivity index (χ3n) is 5.78. The first-order chi connectivity index (χ1) is 13.4. The van der Waals surface area contributed by atoms with Crippen molar-refractivity contribution in [1.29, 1.82) is 0 Å². The van der Waals surface area contributed by atoms with E-state index in [1.807, 2.05) is 17.1 Å². The second-order valence-electron chi connectivity index (χ2n) is 7.77. The average molecular weight is 377 g/mol. The zero-order valence-electron chi connectivity index (χ0n) is 16.0. The SMILES string of the molecule is Cc1cc(C)c(-n2c[n+]3c(n2)COC2Cc4ccc([N+](=O)[O-])cc4C23)c(C)c1. The topological polar surface area (TPSA) is 74.1 Å². The summed E-state index contributed by atoms with van der Waals surface area (Å²) in [5, 5.41) is 16.0. The smallest absolute Gasteiger partial charge is 0.304 e. The van der Waals surface area contributed by atoms with E-state index in [4.69, 9.17) is 9.84 Å². The number of benzene rings is 2. The second-order valence-corrected chi connectivity index (χ2v) is 7.77. The molecule has 2 atom stereocenters. The molecule has 7 heteroatoms. The summed E-state index contributed by atoms with van der Waals surface area (Å²) in [5.41, 5.74) is 6.81. The number of nitro benzene ring substituents is 1. The van der Waals surface area contributed by atoms with Gasteiger partial charge in [-0.1, -0.05) is 28.4 Å². The second kappa shape index (κ2) is 5.97. The maximum Gasteiger partial charge on any atom is 0.304 e. The molecule has 0 amide bonds. The number of nitrogens with zero attached hydrogens (tertiary/aromatic N) is 4. The van der Waals surface area contributed by atoms with Crippen LogP contribution >= 0.6 is 0 Å². The summed E-state index contributed by atoms with van der Waals surface area (Å²) in [7, 11) is 0. The fraction of sp³-hybridized carbons (Fsp3) is 0.333. The van der Waals surface area contributed by atoms with Gasteiger partial charge in [-0.3, -0.25) is 10.1 Å². The molecule has 2 unspecified atom stereocenters. The monoisotopic (exact) mass is 377 g/mol. The lowest BCUT2D eigenvalue weighted by atomic mass is 10.1. The van der Waals surface area contributed by atoms with E-state index in [2.05, 4.69) is 37.5 Å². The van der Waals surface area contributed by atoms with Crippen LogP contribution in [0, 0.1) is 30.9 Å². The molecule has 0 N–H and O–H groups in total. The summed E-state index contributed by atoms with van der Waals surface area (Å²) in [5.74, 6) is 0.833. The van der Waals surface area contributed by atoms with Gasteiger partial charge in [0.15, 0.2) is 0 Å². The molecule has 0 radical (unpaired) electrons. The Morgan fingerprint density at radius 2 is 1.96 bits per heavy atom. The van der Waals surface area contributed by atoms with Crippen molar-refractivity contribution in [2.24, 2.45) is 0 Å². The Hall–Kier alpha value is -3.06. The number of hydrogen-bond acceptors (Lipinski definition) is 4. The van der Waals surface area contributed by atoms with Crippen LogP contribution in [0.5, 0.6) is 0 Å². The standard InChI is InChI=1S/C21H21N4O3/c1-12-6-13(2)20(14(3)7-12)24-11-23-19(22-24)10-28-18-8-15-4-5-16(25(26)27)9-17(15)21(18)23/h4-7,9,11,18,21H,8,10H2,1-3H3/q+1. The molecule has 0 fully saturated rings. The number of aromatic nitrogens is 3. The Morgan fingerprint density at radius 1 is 1.21 bits per heavy atom. The van der Waals surface area contributed by atoms with Crippen molar-refractivity contribution in [2.45, 2.75) is 45.9 Å². The minimum absolute atomic E-state index is 0.0210. The maximum absolute atomic E-state index is 11.2. The molecule has 1 aliphatic heterocycles. The average Bonchev–Trinajstić information content (AvgIpc) is 3.20. The van der Waals surface area contributed by atoms with Gasteiger partial charge in [-0.25, -0.2) is 4.57 Å². The van der Waals surface area contributed by atoms with E-state index in [1.165, 1.54) is 5.56 Å². The quantitative estimate of drug-likeness (QED) is 0.391. The summed E-state index contributed by atoms with van der Waals surface area (Å²) in [6.45, 7) is 6.71. The highest BCUT2D eigenvalue weighted by Crippen LogP contribution is 2.37. The number of non-ortho nitro benzene ring substituents is 1. The Morgan fingerprint density at radius 3 is 2.68 bits per heavy atom. The van der Waals surface area contributed by atoms with Gasteiger partial charge < -0.3 is 4.74 Å². The van der Waals surface area contributed by atoms with Gasteiger partial charge in [0, 0.05) is 29.2 Å². The van der Waals surface area contributed by atoms with Crippen molar-refractivity contribution < 1.29 is 14.2 Å². The van der Waals surface area contributed by atoms with Crippen molar-refractivity contribution in [2.75, 3.05) is 0 Å². The Labute approximate surface area is 162 Å². The zero-order valence-corrected chi connectivity index (χ0v) is 16.0. The Kier molecular flexibility index (Phi) is 3.64. The lowest BCUT2D eigenvalue weighted by Crippen LogP contribution is -2.51. The molecule has 7 nitrogen and oxygen atoms in total. The molecular formula is C21H21N4O3+. The summed E-state index contributed by atoms with van der Waals surface area (Å²) < 4.78 is 10.1. The van der Waals surface area contributed by atoms with E-state index in [1.54, 1.807) is 12.1 Å². The van der Waals surface area contributed by atoms with Crippen LogP contribution in [0.25, 0.3) is 5.69 Å². The lowest BCUT2D eigenvalue weighted by molar-refractivity contribution is -0.739. The highest BCUT2D eigenvalue weighted by Gasteiger charge is 2.44. The molecule has 3 aromatic rings. The minimum atomic E-state index is -0.342. The maximum atomic E-state index is 11.2. The molecule has 5 rings (SSSR count). The van der Waals surface area contributed by atoms with Crippen LogP contribution in [-0.4, -0.2) is 20.8 Å². The van der Waals surface area contributed by atoms with E-state index in [-0.39, 0.29) is 22.8 Å². The minimum Gasteiger partial charge on any atom is -0.363 e. The van der Waals surface area contributed by atoms with Crippen LogP contribution in [0.2, 0.25) is 0 Å². The van der Waals surface area contributed by atoms with E-state index in [0.29, 0.717) is 6.61 Å². The van der Waals surface area contributed by atoms with Gasteiger partial charge in [-0.15, -0.1) is 0 Å². The Balaban J connectivity index is 1.64. The normalized spacial score (nSPS) is 19.8. The van der Waals surface area contributed by atoms with Crippen molar-refractivity contribution in [3.63, 3.8) is 0 Å². The van der Waals surface area contributed by atoms with E-state index in [0.717, 1.165) is 40.2 Å². The van der Waals surface area contributed by atoms with Gasteiger partial charge in [0.05, 0.1) is 4.92 Å². The van der Waals surface area contributed by atoms with Crippen LogP contribution < -0.4 is 4.57 Å². The molecule has 1 aliphatic carbocycles. The van der Waals surface area contributed by atoms with Gasteiger partial charge in [0.25, 0.3) is 5.69 Å². The molecule has 0 bridgehead atoms. The first-order valence-corrected chi connectivity index (χ1v) is 9.39. The van der Waals surface area contributed by atoms with Gasteiger partial charge >= 0.3 is 5.82 Å². The molecule has 2 heterocycles. The molecule has 0 spiro atoms. The molecular weight excluding hydrogens is 356 g/mol. The van der Waals surface area contributed by atoms with E-state index >= 15 is 0 Å². The summed E-state index contributed by atoms with van der Waals surface area (Å²) in [4.78, 5) is 10.9. The number of hydrogen-bond donors (Lipinski definition) is 0. The van der Waals surface area contributed by atoms with Crippen molar-refractivity contribution in [3.8, 4) is 5.69 Å². The number of ether oxygens (including phenoxy) is 1. The predicted molar refractivity (Wildman–Crippen MR) is 101 cm³/mol. The molecule has 28 heavy (non-hydrogen) atoms. The number of aryl methyl sites for hydroxylation is 3. The fourth-order valence-electron chi connectivity index (χ4n) is 4.71. The third kappa shape index (κ3) is 2.46. The number of fused-ring (bicyclic) bond motifs is 5. The highest BCUT2D eigenvalue weighted by molar-refractivity contribution is 5.48. The third-order valence-corrected chi connectivity index (χ3v) is 5.78.